The maximum absolute atomic E-state index is 11.3. The Labute approximate surface area is 124 Å². The number of rotatable bonds is 4. The molecule has 1 aromatic carbocycles. The number of aliphatic carboxylic acids is 1. The van der Waals surface area contributed by atoms with E-state index in [1.54, 1.807) is 7.11 Å². The summed E-state index contributed by atoms with van der Waals surface area (Å²) in [6, 6.07) is 3.74. The van der Waals surface area contributed by atoms with Gasteiger partial charge in [0.15, 0.2) is 0 Å². The van der Waals surface area contributed by atoms with Crippen molar-refractivity contribution in [3.8, 4) is 5.75 Å². The Hall–Kier alpha value is -1.59. The lowest BCUT2D eigenvalue weighted by atomic mass is 10.0. The fourth-order valence-corrected chi connectivity index (χ4v) is 3.24. The predicted molar refractivity (Wildman–Crippen MR) is 77.7 cm³/mol. The maximum Gasteiger partial charge on any atom is 0.323 e. The Morgan fingerprint density at radius 2 is 2.19 bits per heavy atom. The molecule has 5 nitrogen and oxygen atoms in total. The molecule has 1 fully saturated rings. The third-order valence-electron chi connectivity index (χ3n) is 4.39. The van der Waals surface area contributed by atoms with Gasteiger partial charge in [0.25, 0.3) is 0 Å². The van der Waals surface area contributed by atoms with E-state index in [1.165, 1.54) is 17.5 Å². The molecule has 3 rings (SSSR count). The molecule has 1 aliphatic heterocycles. The number of methoxy groups -OCH3 is 1. The van der Waals surface area contributed by atoms with Gasteiger partial charge in [-0.05, 0) is 36.5 Å². The summed E-state index contributed by atoms with van der Waals surface area (Å²) in [5, 5.41) is 9.32. The molecule has 0 amide bonds. The van der Waals surface area contributed by atoms with Gasteiger partial charge in [-0.25, -0.2) is 0 Å². The lowest BCUT2D eigenvalue weighted by molar-refractivity contribution is -0.150. The second-order valence-corrected chi connectivity index (χ2v) is 5.69. The summed E-state index contributed by atoms with van der Waals surface area (Å²) >= 11 is 0. The molecule has 0 unspecified atom stereocenters. The number of hydrogen-bond acceptors (Lipinski definition) is 4. The Balaban J connectivity index is 1.84. The molecule has 1 atom stereocenters. The van der Waals surface area contributed by atoms with E-state index in [2.05, 4.69) is 12.1 Å². The van der Waals surface area contributed by atoms with Crippen LogP contribution in [0.15, 0.2) is 12.1 Å². The van der Waals surface area contributed by atoms with Crippen LogP contribution in [0.2, 0.25) is 0 Å². The first-order valence-electron chi connectivity index (χ1n) is 7.42. The van der Waals surface area contributed by atoms with Gasteiger partial charge in [0.2, 0.25) is 0 Å². The Bertz CT molecular complexity index is 543. The van der Waals surface area contributed by atoms with Crippen LogP contribution in [0.25, 0.3) is 0 Å². The van der Waals surface area contributed by atoms with Gasteiger partial charge in [-0.15, -0.1) is 0 Å². The molecule has 0 spiro atoms. The average Bonchev–Trinajstić information content (AvgIpc) is 2.94. The monoisotopic (exact) mass is 291 g/mol. The van der Waals surface area contributed by atoms with Crippen LogP contribution in [0.4, 0.5) is 0 Å². The lowest BCUT2D eigenvalue weighted by Crippen LogP contribution is -2.49. The van der Waals surface area contributed by atoms with Gasteiger partial charge in [-0.1, -0.05) is 6.07 Å². The number of carboxylic acids is 1. The predicted octanol–water partition coefficient (Wildman–Crippen LogP) is 1.47. The number of hydrogen-bond donors (Lipinski definition) is 1. The number of carboxylic acid groups (broad SMARTS) is 1. The highest BCUT2D eigenvalue weighted by Gasteiger charge is 2.30. The third kappa shape index (κ3) is 2.89. The second-order valence-electron chi connectivity index (χ2n) is 5.69. The normalized spacial score (nSPS) is 22.0. The quantitative estimate of drug-likeness (QED) is 0.910. The minimum atomic E-state index is -0.824. The maximum atomic E-state index is 11.3. The number of aryl methyl sites for hydroxylation is 2. The molecule has 1 aliphatic carbocycles. The van der Waals surface area contributed by atoms with Gasteiger partial charge >= 0.3 is 5.97 Å². The first kappa shape index (κ1) is 14.4. The van der Waals surface area contributed by atoms with Crippen LogP contribution in [-0.2, 0) is 28.9 Å². The van der Waals surface area contributed by atoms with Gasteiger partial charge in [0.05, 0.1) is 20.3 Å². The van der Waals surface area contributed by atoms with Crippen molar-refractivity contribution in [3.63, 3.8) is 0 Å². The zero-order valence-electron chi connectivity index (χ0n) is 12.3. The zero-order valence-corrected chi connectivity index (χ0v) is 12.3. The van der Waals surface area contributed by atoms with Crippen LogP contribution in [0.3, 0.4) is 0 Å². The van der Waals surface area contributed by atoms with Crippen LogP contribution in [0.1, 0.15) is 23.1 Å². The van der Waals surface area contributed by atoms with Gasteiger partial charge in [0, 0.05) is 18.7 Å². The molecule has 1 N–H and O–H groups in total. The number of benzene rings is 1. The first-order chi connectivity index (χ1) is 10.2. The van der Waals surface area contributed by atoms with Crippen molar-refractivity contribution in [1.82, 2.24) is 4.90 Å². The Morgan fingerprint density at radius 3 is 2.90 bits per heavy atom. The van der Waals surface area contributed by atoms with Crippen LogP contribution in [0.5, 0.6) is 5.75 Å². The molecule has 0 radical (unpaired) electrons. The summed E-state index contributed by atoms with van der Waals surface area (Å²) in [5.74, 6) is 0.0427. The van der Waals surface area contributed by atoms with Crippen molar-refractivity contribution < 1.29 is 19.4 Å². The van der Waals surface area contributed by atoms with Gasteiger partial charge in [0.1, 0.15) is 11.8 Å². The molecule has 0 aromatic heterocycles. The van der Waals surface area contributed by atoms with Gasteiger partial charge in [-0.3, -0.25) is 9.69 Å². The molecule has 0 bridgehead atoms. The molecule has 1 aromatic rings. The topological polar surface area (TPSA) is 59.0 Å². The highest BCUT2D eigenvalue weighted by molar-refractivity contribution is 5.73. The summed E-state index contributed by atoms with van der Waals surface area (Å²) in [6.07, 6.45) is 3.41. The van der Waals surface area contributed by atoms with E-state index in [4.69, 9.17) is 9.47 Å². The van der Waals surface area contributed by atoms with E-state index in [0.29, 0.717) is 19.7 Å². The highest BCUT2D eigenvalue weighted by atomic mass is 16.5. The molecule has 1 heterocycles. The van der Waals surface area contributed by atoms with E-state index in [1.807, 2.05) is 4.90 Å². The molecular formula is C16H21NO4. The van der Waals surface area contributed by atoms with Crippen LogP contribution in [-0.4, -0.2) is 48.9 Å². The molecule has 5 heteroatoms. The molecule has 0 saturated carbocycles. The number of morpholine rings is 1. The third-order valence-corrected chi connectivity index (χ3v) is 4.39. The summed E-state index contributed by atoms with van der Waals surface area (Å²) in [7, 11) is 1.67. The number of nitrogens with zero attached hydrogens (tertiary/aromatic N) is 1. The van der Waals surface area contributed by atoms with Crippen LogP contribution < -0.4 is 4.74 Å². The van der Waals surface area contributed by atoms with Crippen LogP contribution >= 0.6 is 0 Å². The van der Waals surface area contributed by atoms with Crippen molar-refractivity contribution in [2.24, 2.45) is 0 Å². The zero-order chi connectivity index (χ0) is 14.8. The van der Waals surface area contributed by atoms with E-state index in [-0.39, 0.29) is 6.61 Å². The standard InChI is InChI=1S/C16H21NO4/c1-20-15-8-12-4-2-3-11(12)7-13(15)9-17-5-6-21-10-14(17)16(18)19/h7-8,14H,2-6,9-10H2,1H3,(H,18,19)/t14-/m1/s1. The molecule has 21 heavy (non-hydrogen) atoms. The van der Waals surface area contributed by atoms with Crippen molar-refractivity contribution in [1.29, 1.82) is 0 Å². The van der Waals surface area contributed by atoms with Gasteiger partial charge in [-0.2, -0.15) is 0 Å². The summed E-state index contributed by atoms with van der Waals surface area (Å²) in [4.78, 5) is 13.3. The van der Waals surface area contributed by atoms with E-state index in [0.717, 1.165) is 24.2 Å². The Kier molecular flexibility index (Phi) is 4.12. The summed E-state index contributed by atoms with van der Waals surface area (Å²) < 4.78 is 10.8. The Morgan fingerprint density at radius 1 is 1.43 bits per heavy atom. The number of ether oxygens (including phenoxy) is 2. The second kappa shape index (κ2) is 6.03. The molecule has 2 aliphatic rings. The van der Waals surface area contributed by atoms with Gasteiger partial charge < -0.3 is 14.6 Å². The summed E-state index contributed by atoms with van der Waals surface area (Å²) in [5.41, 5.74) is 3.82. The average molecular weight is 291 g/mol. The van der Waals surface area contributed by atoms with E-state index < -0.39 is 12.0 Å². The van der Waals surface area contributed by atoms with Crippen molar-refractivity contribution in [3.05, 3.63) is 28.8 Å². The molecular weight excluding hydrogens is 270 g/mol. The minimum Gasteiger partial charge on any atom is -0.496 e. The van der Waals surface area contributed by atoms with Crippen molar-refractivity contribution >= 4 is 5.97 Å². The smallest absolute Gasteiger partial charge is 0.323 e. The van der Waals surface area contributed by atoms with E-state index in [9.17, 15) is 9.90 Å². The van der Waals surface area contributed by atoms with Crippen LogP contribution in [0, 0.1) is 0 Å². The van der Waals surface area contributed by atoms with Crippen molar-refractivity contribution in [2.45, 2.75) is 31.8 Å². The number of carbonyl (C=O) groups is 1. The first-order valence-corrected chi connectivity index (χ1v) is 7.42. The largest absolute Gasteiger partial charge is 0.496 e. The lowest BCUT2D eigenvalue weighted by Gasteiger charge is -2.33. The SMILES string of the molecule is COc1cc2c(cc1CN1CCOC[C@@H]1C(=O)O)CCC2. The van der Waals surface area contributed by atoms with E-state index >= 15 is 0 Å². The van der Waals surface area contributed by atoms with Crippen molar-refractivity contribution in [2.75, 3.05) is 26.9 Å². The molecule has 1 saturated heterocycles. The number of fused-ring (bicyclic) bond motifs is 1. The fourth-order valence-electron chi connectivity index (χ4n) is 3.24. The highest BCUT2D eigenvalue weighted by Crippen LogP contribution is 2.31. The minimum absolute atomic E-state index is 0.253. The summed E-state index contributed by atoms with van der Waals surface area (Å²) in [6.45, 7) is 2.06. The fraction of sp³-hybridized carbons (Fsp3) is 0.562. The molecule has 114 valence electrons.